The van der Waals surface area contributed by atoms with Crippen molar-refractivity contribution < 1.29 is 9.53 Å². The van der Waals surface area contributed by atoms with E-state index in [0.29, 0.717) is 19.1 Å². The van der Waals surface area contributed by atoms with Crippen molar-refractivity contribution in [3.63, 3.8) is 0 Å². The van der Waals surface area contributed by atoms with E-state index >= 15 is 0 Å². The maximum absolute atomic E-state index is 12.5. The van der Waals surface area contributed by atoms with Gasteiger partial charge in [0.25, 0.3) is 0 Å². The predicted molar refractivity (Wildman–Crippen MR) is 77.8 cm³/mol. The second-order valence-corrected chi connectivity index (χ2v) is 6.22. The molecule has 102 valence electrons. The summed E-state index contributed by atoms with van der Waals surface area (Å²) in [6.07, 6.45) is 4.01. The molecule has 3 nitrogen and oxygen atoms in total. The van der Waals surface area contributed by atoms with Gasteiger partial charge in [-0.15, -0.1) is 0 Å². The summed E-state index contributed by atoms with van der Waals surface area (Å²) < 4.78 is 6.70. The maximum atomic E-state index is 12.5. The lowest BCUT2D eigenvalue weighted by Gasteiger charge is -2.25. The minimum Gasteiger partial charge on any atom is -0.493 e. The number of ketones is 1. The van der Waals surface area contributed by atoms with Crippen LogP contribution in [0.25, 0.3) is 0 Å². The van der Waals surface area contributed by atoms with E-state index in [-0.39, 0.29) is 5.78 Å². The minimum absolute atomic E-state index is 0.204. The molecule has 0 spiro atoms. The third-order valence-corrected chi connectivity index (χ3v) is 4.50. The average molecular weight is 324 g/mol. The van der Waals surface area contributed by atoms with Crippen molar-refractivity contribution in [1.29, 1.82) is 0 Å². The molecule has 19 heavy (non-hydrogen) atoms. The zero-order valence-corrected chi connectivity index (χ0v) is 12.5. The second kappa shape index (κ2) is 5.63. The summed E-state index contributed by atoms with van der Waals surface area (Å²) in [7, 11) is 0. The first-order valence-electron chi connectivity index (χ1n) is 6.93. The Kier molecular flexibility index (Phi) is 3.89. The van der Waals surface area contributed by atoms with Crippen LogP contribution < -0.4 is 4.74 Å². The first kappa shape index (κ1) is 13.1. The average Bonchev–Trinajstić information content (AvgIpc) is 2.83. The Hall–Kier alpha value is -0.870. The molecule has 2 aliphatic rings. The molecule has 1 aromatic carbocycles. The Bertz CT molecular complexity index is 489. The number of carbonyl (C=O) groups excluding carboxylic acids is 1. The van der Waals surface area contributed by atoms with Gasteiger partial charge in [0.2, 0.25) is 0 Å². The number of rotatable bonds is 0. The van der Waals surface area contributed by atoms with Gasteiger partial charge in [0.1, 0.15) is 5.75 Å². The predicted octanol–water partition coefficient (Wildman–Crippen LogP) is 3.27. The van der Waals surface area contributed by atoms with Crippen LogP contribution in [-0.4, -0.2) is 36.4 Å². The highest BCUT2D eigenvalue weighted by atomic mass is 79.9. The van der Waals surface area contributed by atoms with E-state index in [2.05, 4.69) is 20.8 Å². The highest BCUT2D eigenvalue weighted by Crippen LogP contribution is 2.29. The van der Waals surface area contributed by atoms with Crippen molar-refractivity contribution in [1.82, 2.24) is 4.90 Å². The van der Waals surface area contributed by atoms with Crippen molar-refractivity contribution in [2.24, 2.45) is 0 Å². The van der Waals surface area contributed by atoms with Crippen LogP contribution >= 0.6 is 15.9 Å². The topological polar surface area (TPSA) is 29.5 Å². The lowest BCUT2D eigenvalue weighted by molar-refractivity contribution is 0.0926. The fourth-order valence-corrected chi connectivity index (χ4v) is 3.40. The van der Waals surface area contributed by atoms with Gasteiger partial charge in [-0.2, -0.15) is 0 Å². The van der Waals surface area contributed by atoms with Gasteiger partial charge in [0.05, 0.1) is 12.2 Å². The van der Waals surface area contributed by atoms with Crippen molar-refractivity contribution in [3.05, 3.63) is 28.2 Å². The zero-order chi connectivity index (χ0) is 13.2. The summed E-state index contributed by atoms with van der Waals surface area (Å²) >= 11 is 3.44. The molecule has 0 aliphatic carbocycles. The Balaban J connectivity index is 1.90. The SMILES string of the molecule is O=C1CC2CCCN2CCCOc2ccc(Br)cc21. The third kappa shape index (κ3) is 2.84. The van der Waals surface area contributed by atoms with Gasteiger partial charge in [-0.05, 0) is 44.0 Å². The Morgan fingerprint density at radius 2 is 2.11 bits per heavy atom. The molecule has 1 fully saturated rings. The summed E-state index contributed by atoms with van der Waals surface area (Å²) in [4.78, 5) is 14.9. The molecule has 0 saturated carbocycles. The largest absolute Gasteiger partial charge is 0.493 e. The van der Waals surface area contributed by atoms with Crippen LogP contribution in [0.1, 0.15) is 36.0 Å². The Morgan fingerprint density at radius 1 is 1.26 bits per heavy atom. The summed E-state index contributed by atoms with van der Waals surface area (Å²) in [5, 5.41) is 0. The van der Waals surface area contributed by atoms with Gasteiger partial charge in [-0.1, -0.05) is 15.9 Å². The number of Topliss-reactive ketones (excluding diaryl/α,β-unsaturated/α-hetero) is 1. The van der Waals surface area contributed by atoms with Crippen LogP contribution in [0.15, 0.2) is 22.7 Å². The van der Waals surface area contributed by atoms with E-state index in [1.165, 1.54) is 6.42 Å². The highest BCUT2D eigenvalue weighted by Gasteiger charge is 2.28. The first-order valence-corrected chi connectivity index (χ1v) is 7.73. The molecule has 1 aromatic rings. The molecule has 0 N–H and O–H groups in total. The van der Waals surface area contributed by atoms with Crippen LogP contribution in [-0.2, 0) is 0 Å². The minimum atomic E-state index is 0.204. The van der Waals surface area contributed by atoms with Crippen molar-refractivity contribution in [2.45, 2.75) is 31.7 Å². The molecule has 2 heterocycles. The van der Waals surface area contributed by atoms with Gasteiger partial charge < -0.3 is 4.74 Å². The van der Waals surface area contributed by atoms with Crippen LogP contribution in [0.3, 0.4) is 0 Å². The van der Waals surface area contributed by atoms with Gasteiger partial charge >= 0.3 is 0 Å². The molecule has 0 radical (unpaired) electrons. The number of hydrogen-bond donors (Lipinski definition) is 0. The third-order valence-electron chi connectivity index (χ3n) is 4.01. The standard InChI is InChI=1S/C15H18BrNO2/c16-11-4-5-15-13(9-11)14(18)10-12-3-1-6-17(12)7-2-8-19-15/h4-5,9,12H,1-3,6-8,10H2. The number of hydrogen-bond acceptors (Lipinski definition) is 3. The lowest BCUT2D eigenvalue weighted by atomic mass is 10.0. The fourth-order valence-electron chi connectivity index (χ4n) is 3.04. The number of nitrogens with zero attached hydrogens (tertiary/aromatic N) is 1. The number of ether oxygens (including phenoxy) is 1. The molecule has 4 heteroatoms. The van der Waals surface area contributed by atoms with Crippen molar-refractivity contribution in [2.75, 3.05) is 19.7 Å². The Labute approximate surface area is 122 Å². The first-order chi connectivity index (χ1) is 9.24. The maximum Gasteiger partial charge on any atom is 0.168 e. The van der Waals surface area contributed by atoms with E-state index in [9.17, 15) is 4.79 Å². The molecule has 1 saturated heterocycles. The van der Waals surface area contributed by atoms with E-state index in [1.54, 1.807) is 0 Å². The monoisotopic (exact) mass is 323 g/mol. The zero-order valence-electron chi connectivity index (χ0n) is 10.9. The molecule has 1 unspecified atom stereocenters. The normalized spacial score (nSPS) is 24.5. The molecule has 1 atom stereocenters. The van der Waals surface area contributed by atoms with E-state index in [0.717, 1.165) is 41.7 Å². The molecule has 3 rings (SSSR count). The van der Waals surface area contributed by atoms with E-state index < -0.39 is 0 Å². The number of fused-ring (bicyclic) bond motifs is 2. The molecule has 2 aliphatic heterocycles. The molecular weight excluding hydrogens is 306 g/mol. The van der Waals surface area contributed by atoms with Gasteiger partial charge in [-0.3, -0.25) is 9.69 Å². The van der Waals surface area contributed by atoms with Gasteiger partial charge in [0.15, 0.2) is 5.78 Å². The van der Waals surface area contributed by atoms with Crippen LogP contribution in [0.2, 0.25) is 0 Å². The van der Waals surface area contributed by atoms with Crippen LogP contribution in [0.5, 0.6) is 5.75 Å². The smallest absolute Gasteiger partial charge is 0.168 e. The van der Waals surface area contributed by atoms with E-state index in [4.69, 9.17) is 4.74 Å². The number of carbonyl (C=O) groups is 1. The summed E-state index contributed by atoms with van der Waals surface area (Å²) in [6, 6.07) is 6.14. The van der Waals surface area contributed by atoms with Crippen LogP contribution in [0.4, 0.5) is 0 Å². The van der Waals surface area contributed by atoms with Gasteiger partial charge in [0, 0.05) is 23.5 Å². The van der Waals surface area contributed by atoms with Gasteiger partial charge in [-0.25, -0.2) is 0 Å². The quantitative estimate of drug-likeness (QED) is 0.734. The highest BCUT2D eigenvalue weighted by molar-refractivity contribution is 9.10. The molecular formula is C15H18BrNO2. The fraction of sp³-hybridized carbons (Fsp3) is 0.533. The second-order valence-electron chi connectivity index (χ2n) is 5.30. The Morgan fingerprint density at radius 3 is 3.00 bits per heavy atom. The summed E-state index contributed by atoms with van der Waals surface area (Å²) in [5.41, 5.74) is 0.725. The van der Waals surface area contributed by atoms with Crippen molar-refractivity contribution in [3.8, 4) is 5.75 Å². The molecule has 0 aromatic heterocycles. The summed E-state index contributed by atoms with van der Waals surface area (Å²) in [5.74, 6) is 0.940. The number of benzene rings is 1. The number of halogens is 1. The lowest BCUT2D eigenvalue weighted by Crippen LogP contribution is -2.33. The van der Waals surface area contributed by atoms with Crippen molar-refractivity contribution >= 4 is 21.7 Å². The summed E-state index contributed by atoms with van der Waals surface area (Å²) in [6.45, 7) is 2.86. The van der Waals surface area contributed by atoms with E-state index in [1.807, 2.05) is 18.2 Å². The van der Waals surface area contributed by atoms with Crippen LogP contribution in [0, 0.1) is 0 Å². The molecule has 0 bridgehead atoms. The molecule has 0 amide bonds.